The molecule has 1 aromatic rings. The van der Waals surface area contributed by atoms with Gasteiger partial charge in [-0.1, -0.05) is 0 Å². The minimum atomic E-state index is -0.258. The molecule has 1 saturated heterocycles. The van der Waals surface area contributed by atoms with Gasteiger partial charge in [-0.25, -0.2) is 0 Å². The predicted octanol–water partition coefficient (Wildman–Crippen LogP) is 3.61. The van der Waals surface area contributed by atoms with Crippen LogP contribution in [0.1, 0.15) is 23.8 Å². The van der Waals surface area contributed by atoms with E-state index in [-0.39, 0.29) is 12.1 Å². The van der Waals surface area contributed by atoms with Gasteiger partial charge >= 0.3 is 0 Å². The van der Waals surface area contributed by atoms with E-state index in [9.17, 15) is 5.26 Å². The van der Waals surface area contributed by atoms with Crippen molar-refractivity contribution >= 4 is 43.2 Å². The molecule has 1 fully saturated rings. The smallest absolute Gasteiger partial charge is 0.130 e. The maximum atomic E-state index is 9.18. The third kappa shape index (κ3) is 3.52. The van der Waals surface area contributed by atoms with Crippen LogP contribution in [0.5, 0.6) is 0 Å². The second-order valence-corrected chi connectivity index (χ2v) is 7.13. The summed E-state index contributed by atoms with van der Waals surface area (Å²) in [4.78, 5) is 1.02. The van der Waals surface area contributed by atoms with Crippen LogP contribution in [-0.2, 0) is 4.74 Å². The van der Waals surface area contributed by atoms with Crippen LogP contribution >= 0.6 is 43.2 Å². The number of hydrogen-bond acceptors (Lipinski definition) is 4. The molecular weight excluding hydrogens is 368 g/mol. The zero-order valence-corrected chi connectivity index (χ0v) is 13.1. The first-order valence-electron chi connectivity index (χ1n) is 5.40. The Morgan fingerprint density at radius 3 is 3.00 bits per heavy atom. The van der Waals surface area contributed by atoms with Crippen LogP contribution in [0.2, 0.25) is 0 Å². The van der Waals surface area contributed by atoms with Crippen LogP contribution in [0.3, 0.4) is 0 Å². The van der Waals surface area contributed by atoms with Crippen molar-refractivity contribution < 1.29 is 4.74 Å². The molecule has 0 aliphatic carbocycles. The van der Waals surface area contributed by atoms with Crippen molar-refractivity contribution in [3.63, 3.8) is 0 Å². The van der Waals surface area contributed by atoms with E-state index >= 15 is 0 Å². The molecule has 92 valence electrons. The van der Waals surface area contributed by atoms with Gasteiger partial charge in [0.25, 0.3) is 0 Å². The lowest BCUT2D eigenvalue weighted by Gasteiger charge is -2.13. The van der Waals surface area contributed by atoms with Crippen molar-refractivity contribution in [3.8, 4) is 6.07 Å². The van der Waals surface area contributed by atoms with Crippen LogP contribution in [0.4, 0.5) is 0 Å². The second-order valence-electron chi connectivity index (χ2n) is 3.88. The third-order valence-electron chi connectivity index (χ3n) is 2.65. The summed E-state index contributed by atoms with van der Waals surface area (Å²) in [5, 5.41) is 12.4. The van der Waals surface area contributed by atoms with Crippen molar-refractivity contribution in [2.24, 2.45) is 0 Å². The molecule has 0 aromatic carbocycles. The molecule has 6 heteroatoms. The van der Waals surface area contributed by atoms with Gasteiger partial charge in [-0.05, 0) is 50.8 Å². The molecule has 0 spiro atoms. The van der Waals surface area contributed by atoms with E-state index in [4.69, 9.17) is 4.74 Å². The number of nitrogens with zero attached hydrogens (tertiary/aromatic N) is 1. The standard InChI is InChI=1S/C11H12Br2N2OS/c12-8-4-10(17-11(8)13)9(5-14)15-6-7-2-1-3-16-7/h4,7,9,15H,1-3,6H2. The van der Waals surface area contributed by atoms with Crippen LogP contribution in [0.25, 0.3) is 0 Å². The van der Waals surface area contributed by atoms with Gasteiger partial charge in [-0.2, -0.15) is 5.26 Å². The van der Waals surface area contributed by atoms with E-state index in [1.165, 1.54) is 0 Å². The van der Waals surface area contributed by atoms with Gasteiger partial charge in [0.2, 0.25) is 0 Å². The van der Waals surface area contributed by atoms with E-state index in [1.807, 2.05) is 6.07 Å². The number of ether oxygens (including phenoxy) is 1. The van der Waals surface area contributed by atoms with Crippen molar-refractivity contribution in [1.29, 1.82) is 5.26 Å². The van der Waals surface area contributed by atoms with Crippen molar-refractivity contribution in [1.82, 2.24) is 5.32 Å². The molecule has 0 radical (unpaired) electrons. The quantitative estimate of drug-likeness (QED) is 0.869. The monoisotopic (exact) mass is 378 g/mol. The summed E-state index contributed by atoms with van der Waals surface area (Å²) in [7, 11) is 0. The number of thiophene rings is 1. The fourth-order valence-electron chi connectivity index (χ4n) is 1.77. The number of hydrogen-bond donors (Lipinski definition) is 1. The Labute approximate surface area is 121 Å². The fourth-order valence-corrected chi connectivity index (χ4v) is 3.88. The Morgan fingerprint density at radius 1 is 1.65 bits per heavy atom. The molecule has 0 saturated carbocycles. The highest BCUT2D eigenvalue weighted by Gasteiger charge is 2.19. The topological polar surface area (TPSA) is 45.0 Å². The first-order valence-corrected chi connectivity index (χ1v) is 7.80. The van der Waals surface area contributed by atoms with Gasteiger partial charge in [0.1, 0.15) is 6.04 Å². The summed E-state index contributed by atoms with van der Waals surface area (Å²) in [5.74, 6) is 0. The zero-order chi connectivity index (χ0) is 12.3. The van der Waals surface area contributed by atoms with Crippen molar-refractivity contribution in [2.75, 3.05) is 13.2 Å². The maximum absolute atomic E-state index is 9.18. The Morgan fingerprint density at radius 2 is 2.47 bits per heavy atom. The summed E-state index contributed by atoms with van der Waals surface area (Å²) < 4.78 is 7.54. The Hall–Kier alpha value is 0.0700. The summed E-state index contributed by atoms with van der Waals surface area (Å²) >= 11 is 8.45. The summed E-state index contributed by atoms with van der Waals surface area (Å²) in [6, 6.07) is 4.00. The fraction of sp³-hybridized carbons (Fsp3) is 0.545. The lowest BCUT2D eigenvalue weighted by molar-refractivity contribution is 0.109. The van der Waals surface area contributed by atoms with Gasteiger partial charge in [-0.15, -0.1) is 11.3 Å². The summed E-state index contributed by atoms with van der Waals surface area (Å²) in [6.45, 7) is 1.59. The van der Waals surface area contributed by atoms with Gasteiger partial charge in [0.05, 0.1) is 16.0 Å². The number of halogens is 2. The average Bonchev–Trinajstić information content (AvgIpc) is 2.91. The summed E-state index contributed by atoms with van der Waals surface area (Å²) in [5.41, 5.74) is 0. The first-order chi connectivity index (χ1) is 8.20. The van der Waals surface area contributed by atoms with E-state index < -0.39 is 0 Å². The lowest BCUT2D eigenvalue weighted by atomic mass is 10.2. The molecule has 3 nitrogen and oxygen atoms in total. The molecular formula is C11H12Br2N2OS. The minimum absolute atomic E-state index is 0.258. The highest BCUT2D eigenvalue weighted by atomic mass is 79.9. The normalized spacial score (nSPS) is 21.4. The summed E-state index contributed by atoms with van der Waals surface area (Å²) in [6.07, 6.45) is 2.47. The zero-order valence-electron chi connectivity index (χ0n) is 9.08. The molecule has 1 aliphatic heterocycles. The molecule has 1 aliphatic rings. The van der Waals surface area contributed by atoms with Crippen LogP contribution in [0.15, 0.2) is 14.3 Å². The molecule has 2 heterocycles. The number of nitrogens with one attached hydrogen (secondary N) is 1. The van der Waals surface area contributed by atoms with E-state index in [0.29, 0.717) is 0 Å². The van der Waals surface area contributed by atoms with Crippen molar-refractivity contribution in [2.45, 2.75) is 25.0 Å². The van der Waals surface area contributed by atoms with Gasteiger partial charge < -0.3 is 4.74 Å². The first kappa shape index (κ1) is 13.5. The second kappa shape index (κ2) is 6.30. The molecule has 17 heavy (non-hydrogen) atoms. The van der Waals surface area contributed by atoms with Crippen LogP contribution in [0, 0.1) is 11.3 Å². The minimum Gasteiger partial charge on any atom is -0.377 e. The highest BCUT2D eigenvalue weighted by molar-refractivity contribution is 9.13. The molecule has 2 unspecified atom stereocenters. The molecule has 2 rings (SSSR count). The van der Waals surface area contributed by atoms with Gasteiger partial charge in [0.15, 0.2) is 0 Å². The third-order valence-corrected chi connectivity index (χ3v) is 5.97. The maximum Gasteiger partial charge on any atom is 0.130 e. The molecule has 2 atom stereocenters. The largest absolute Gasteiger partial charge is 0.377 e. The molecule has 1 N–H and O–H groups in total. The van der Waals surface area contributed by atoms with E-state index in [0.717, 1.165) is 39.1 Å². The van der Waals surface area contributed by atoms with Gasteiger partial charge in [-0.3, -0.25) is 5.32 Å². The SMILES string of the molecule is N#CC(NCC1CCCO1)c1cc(Br)c(Br)s1. The Bertz CT molecular complexity index is 404. The number of rotatable bonds is 4. The van der Waals surface area contributed by atoms with Crippen molar-refractivity contribution in [3.05, 3.63) is 19.2 Å². The van der Waals surface area contributed by atoms with Crippen LogP contribution in [-0.4, -0.2) is 19.3 Å². The Kier molecular flexibility index (Phi) is 5.00. The average molecular weight is 380 g/mol. The Balaban J connectivity index is 1.94. The van der Waals surface area contributed by atoms with Crippen LogP contribution < -0.4 is 5.32 Å². The molecule has 1 aromatic heterocycles. The molecule has 0 amide bonds. The predicted molar refractivity (Wildman–Crippen MR) is 75.0 cm³/mol. The lowest BCUT2D eigenvalue weighted by Crippen LogP contribution is -2.28. The van der Waals surface area contributed by atoms with E-state index in [2.05, 4.69) is 43.2 Å². The molecule has 0 bridgehead atoms. The van der Waals surface area contributed by atoms with E-state index in [1.54, 1.807) is 11.3 Å². The number of nitriles is 1. The van der Waals surface area contributed by atoms with Gasteiger partial charge in [0, 0.05) is 22.5 Å². The highest BCUT2D eigenvalue weighted by Crippen LogP contribution is 2.35.